The Bertz CT molecular complexity index is 762. The van der Waals surface area contributed by atoms with Crippen LogP contribution in [0.15, 0.2) is 26.9 Å². The number of hydrogen-bond acceptors (Lipinski definition) is 5. The van der Waals surface area contributed by atoms with E-state index in [1.807, 2.05) is 12.3 Å². The van der Waals surface area contributed by atoms with Gasteiger partial charge in [0.2, 0.25) is 10.0 Å². The van der Waals surface area contributed by atoms with E-state index < -0.39 is 15.8 Å². The van der Waals surface area contributed by atoms with Crippen LogP contribution >= 0.6 is 27.3 Å². The van der Waals surface area contributed by atoms with Crippen LogP contribution in [0.1, 0.15) is 10.7 Å². The number of benzene rings is 1. The van der Waals surface area contributed by atoms with Crippen LogP contribution in [0, 0.1) is 12.7 Å². The SMILES string of the molecule is Cc1csc(CCNS(=O)(=O)c2cc(Br)c(F)cc2N)n1. The zero-order valence-electron chi connectivity index (χ0n) is 11.1. The van der Waals surface area contributed by atoms with Gasteiger partial charge in [-0.2, -0.15) is 0 Å². The lowest BCUT2D eigenvalue weighted by Crippen LogP contribution is -2.26. The maximum absolute atomic E-state index is 13.3. The molecule has 0 aliphatic carbocycles. The number of hydrogen-bond donors (Lipinski definition) is 2. The fraction of sp³-hybridized carbons (Fsp3) is 0.250. The van der Waals surface area contributed by atoms with Crippen molar-refractivity contribution in [1.29, 1.82) is 0 Å². The highest BCUT2D eigenvalue weighted by molar-refractivity contribution is 9.10. The fourth-order valence-electron chi connectivity index (χ4n) is 1.66. The first kappa shape index (κ1) is 16.3. The molecule has 0 radical (unpaired) electrons. The molecule has 0 saturated carbocycles. The van der Waals surface area contributed by atoms with Gasteiger partial charge in [0.15, 0.2) is 0 Å². The Kier molecular flexibility index (Phi) is 4.97. The molecule has 0 amide bonds. The molecule has 0 aliphatic rings. The number of rotatable bonds is 5. The Morgan fingerprint density at radius 2 is 2.19 bits per heavy atom. The second kappa shape index (κ2) is 6.39. The summed E-state index contributed by atoms with van der Waals surface area (Å²) in [5, 5.41) is 2.75. The Balaban J connectivity index is 2.10. The molecule has 1 aromatic carbocycles. The highest BCUT2D eigenvalue weighted by Crippen LogP contribution is 2.26. The van der Waals surface area contributed by atoms with Gasteiger partial charge in [-0.05, 0) is 35.0 Å². The summed E-state index contributed by atoms with van der Waals surface area (Å²) >= 11 is 4.42. The van der Waals surface area contributed by atoms with Crippen LogP contribution in [-0.2, 0) is 16.4 Å². The summed E-state index contributed by atoms with van der Waals surface area (Å²) in [6.45, 7) is 2.07. The van der Waals surface area contributed by atoms with Gasteiger partial charge in [-0.25, -0.2) is 22.5 Å². The summed E-state index contributed by atoms with van der Waals surface area (Å²) in [6, 6.07) is 2.13. The van der Waals surface area contributed by atoms with Gasteiger partial charge in [-0.15, -0.1) is 11.3 Å². The molecule has 2 aromatic rings. The van der Waals surface area contributed by atoms with Crippen molar-refractivity contribution in [3.05, 3.63) is 38.5 Å². The average molecular weight is 394 g/mol. The van der Waals surface area contributed by atoms with E-state index in [2.05, 4.69) is 25.6 Å². The maximum atomic E-state index is 13.3. The fourth-order valence-corrected chi connectivity index (χ4v) is 4.10. The van der Waals surface area contributed by atoms with Crippen molar-refractivity contribution in [1.82, 2.24) is 9.71 Å². The first-order valence-electron chi connectivity index (χ1n) is 5.95. The number of nitrogens with one attached hydrogen (secondary N) is 1. The molecular weight excluding hydrogens is 381 g/mol. The summed E-state index contributed by atoms with van der Waals surface area (Å²) in [4.78, 5) is 4.10. The number of halogens is 2. The number of nitrogens with zero attached hydrogens (tertiary/aromatic N) is 1. The molecule has 114 valence electrons. The van der Waals surface area contributed by atoms with Crippen molar-refractivity contribution < 1.29 is 12.8 Å². The van der Waals surface area contributed by atoms with Crippen LogP contribution in [0.5, 0.6) is 0 Å². The maximum Gasteiger partial charge on any atom is 0.242 e. The summed E-state index contributed by atoms with van der Waals surface area (Å²) in [5.41, 5.74) is 6.35. The normalized spacial score (nSPS) is 11.8. The molecule has 0 unspecified atom stereocenters. The lowest BCUT2D eigenvalue weighted by molar-refractivity contribution is 0.581. The minimum Gasteiger partial charge on any atom is -0.398 e. The van der Waals surface area contributed by atoms with Crippen molar-refractivity contribution in [2.45, 2.75) is 18.2 Å². The predicted octanol–water partition coefficient (Wildman–Crippen LogP) is 2.46. The van der Waals surface area contributed by atoms with Crippen molar-refractivity contribution >= 4 is 43.0 Å². The number of aryl methyl sites for hydroxylation is 1. The number of anilines is 1. The molecule has 9 heteroatoms. The van der Waals surface area contributed by atoms with E-state index in [9.17, 15) is 12.8 Å². The van der Waals surface area contributed by atoms with Crippen molar-refractivity contribution in [3.63, 3.8) is 0 Å². The Labute approximate surface area is 134 Å². The monoisotopic (exact) mass is 393 g/mol. The Hall–Kier alpha value is -1.03. The van der Waals surface area contributed by atoms with Crippen LogP contribution in [0.25, 0.3) is 0 Å². The molecule has 2 rings (SSSR count). The van der Waals surface area contributed by atoms with Gasteiger partial charge in [0, 0.05) is 24.0 Å². The van der Waals surface area contributed by atoms with Gasteiger partial charge in [0.1, 0.15) is 10.7 Å². The van der Waals surface area contributed by atoms with E-state index in [1.54, 1.807) is 0 Å². The third-order valence-corrected chi connectivity index (χ3v) is 5.79. The molecule has 0 atom stereocenters. The molecule has 0 aliphatic heterocycles. The van der Waals surface area contributed by atoms with Gasteiger partial charge in [-0.3, -0.25) is 0 Å². The largest absolute Gasteiger partial charge is 0.398 e. The zero-order chi connectivity index (χ0) is 15.6. The van der Waals surface area contributed by atoms with Crippen molar-refractivity contribution in [2.75, 3.05) is 12.3 Å². The lowest BCUT2D eigenvalue weighted by Gasteiger charge is -2.09. The molecule has 3 N–H and O–H groups in total. The highest BCUT2D eigenvalue weighted by atomic mass is 79.9. The summed E-state index contributed by atoms with van der Waals surface area (Å²) < 4.78 is 40.1. The molecule has 1 heterocycles. The minimum absolute atomic E-state index is 0.0487. The van der Waals surface area contributed by atoms with Crippen LogP contribution < -0.4 is 10.5 Å². The number of nitrogen functional groups attached to an aromatic ring is 1. The molecule has 0 spiro atoms. The molecule has 21 heavy (non-hydrogen) atoms. The van der Waals surface area contributed by atoms with Gasteiger partial charge >= 0.3 is 0 Å². The van der Waals surface area contributed by atoms with Crippen LogP contribution in [0.3, 0.4) is 0 Å². The third kappa shape index (κ3) is 4.00. The Morgan fingerprint density at radius 3 is 2.81 bits per heavy atom. The van der Waals surface area contributed by atoms with Crippen molar-refractivity contribution in [3.8, 4) is 0 Å². The zero-order valence-corrected chi connectivity index (χ0v) is 14.3. The number of thiazole rings is 1. The molecule has 0 fully saturated rings. The van der Waals surface area contributed by atoms with Gasteiger partial charge < -0.3 is 5.73 Å². The summed E-state index contributed by atoms with van der Waals surface area (Å²) in [7, 11) is -3.79. The molecular formula is C12H13BrFN3O2S2. The number of aromatic nitrogens is 1. The highest BCUT2D eigenvalue weighted by Gasteiger charge is 2.19. The standard InChI is InChI=1S/C12H13BrFN3O2S2/c1-7-6-20-12(17-7)2-3-16-21(18,19)11-4-8(13)9(14)5-10(11)15/h4-6,16H,2-3,15H2,1H3. The minimum atomic E-state index is -3.79. The quantitative estimate of drug-likeness (QED) is 0.763. The second-order valence-electron chi connectivity index (χ2n) is 4.33. The van der Waals surface area contributed by atoms with Gasteiger partial charge in [0.25, 0.3) is 0 Å². The van der Waals surface area contributed by atoms with E-state index in [4.69, 9.17) is 5.73 Å². The van der Waals surface area contributed by atoms with Crippen molar-refractivity contribution in [2.24, 2.45) is 0 Å². The third-order valence-electron chi connectivity index (χ3n) is 2.64. The van der Waals surface area contributed by atoms with E-state index in [1.165, 1.54) is 11.3 Å². The first-order chi connectivity index (χ1) is 9.79. The molecule has 5 nitrogen and oxygen atoms in total. The number of nitrogens with two attached hydrogens (primary N) is 1. The second-order valence-corrected chi connectivity index (χ2v) is 7.87. The van der Waals surface area contributed by atoms with Gasteiger partial charge in [-0.1, -0.05) is 0 Å². The molecule has 1 aromatic heterocycles. The van der Waals surface area contributed by atoms with E-state index >= 15 is 0 Å². The average Bonchev–Trinajstić information content (AvgIpc) is 2.79. The first-order valence-corrected chi connectivity index (χ1v) is 9.10. The van der Waals surface area contributed by atoms with E-state index in [-0.39, 0.29) is 21.6 Å². The smallest absolute Gasteiger partial charge is 0.242 e. The summed E-state index contributed by atoms with van der Waals surface area (Å²) in [6.07, 6.45) is 0.486. The van der Waals surface area contributed by atoms with Crippen LogP contribution in [0.2, 0.25) is 0 Å². The summed E-state index contributed by atoms with van der Waals surface area (Å²) in [5.74, 6) is -0.607. The molecule has 0 saturated heterocycles. The van der Waals surface area contributed by atoms with Crippen LogP contribution in [-0.4, -0.2) is 19.9 Å². The van der Waals surface area contributed by atoms with Crippen LogP contribution in [0.4, 0.5) is 10.1 Å². The Morgan fingerprint density at radius 1 is 1.48 bits per heavy atom. The van der Waals surface area contributed by atoms with E-state index in [0.29, 0.717) is 6.42 Å². The number of sulfonamides is 1. The molecule has 0 bridgehead atoms. The lowest BCUT2D eigenvalue weighted by atomic mass is 10.3. The predicted molar refractivity (Wildman–Crippen MR) is 84.3 cm³/mol. The van der Waals surface area contributed by atoms with E-state index in [0.717, 1.165) is 22.8 Å². The topological polar surface area (TPSA) is 85.1 Å². The van der Waals surface area contributed by atoms with Gasteiger partial charge in [0.05, 0.1) is 15.2 Å².